The first kappa shape index (κ1) is 12.1. The Kier molecular flexibility index (Phi) is 3.82. The molecule has 2 N–H and O–H groups in total. The Bertz CT molecular complexity index is 479. The second kappa shape index (κ2) is 5.34. The zero-order valence-electron chi connectivity index (χ0n) is 9.81. The second-order valence-corrected chi connectivity index (χ2v) is 4.53. The molecule has 1 aromatic carbocycles. The van der Waals surface area contributed by atoms with Crippen molar-refractivity contribution in [3.63, 3.8) is 0 Å². The summed E-state index contributed by atoms with van der Waals surface area (Å²) in [7, 11) is 0. The van der Waals surface area contributed by atoms with Gasteiger partial charge in [-0.15, -0.1) is 0 Å². The summed E-state index contributed by atoms with van der Waals surface area (Å²) < 4.78 is 1.82. The largest absolute Gasteiger partial charge is 0.327 e. The van der Waals surface area contributed by atoms with Crippen molar-refractivity contribution >= 4 is 11.6 Å². The summed E-state index contributed by atoms with van der Waals surface area (Å²) in [5, 5.41) is 4.95. The molecule has 4 heteroatoms. The van der Waals surface area contributed by atoms with Crippen LogP contribution in [-0.2, 0) is 6.42 Å². The summed E-state index contributed by atoms with van der Waals surface area (Å²) in [5.74, 6) is 0. The lowest BCUT2D eigenvalue weighted by Crippen LogP contribution is -2.22. The maximum Gasteiger partial charge on any atom is 0.0692 e. The minimum atomic E-state index is 0.172. The van der Waals surface area contributed by atoms with E-state index < -0.39 is 0 Å². The van der Waals surface area contributed by atoms with Crippen LogP contribution in [0.2, 0.25) is 5.02 Å². The molecule has 1 heterocycles. The summed E-state index contributed by atoms with van der Waals surface area (Å²) in [6, 6.07) is 7.91. The highest BCUT2D eigenvalue weighted by Gasteiger charge is 2.09. The molecule has 0 fully saturated rings. The van der Waals surface area contributed by atoms with Crippen molar-refractivity contribution in [1.29, 1.82) is 0 Å². The van der Waals surface area contributed by atoms with Crippen LogP contribution in [0.3, 0.4) is 0 Å². The van der Waals surface area contributed by atoms with Gasteiger partial charge in [0.15, 0.2) is 0 Å². The average molecular weight is 250 g/mol. The fraction of sp³-hybridized carbons (Fsp3) is 0.308. The number of benzene rings is 1. The van der Waals surface area contributed by atoms with Crippen molar-refractivity contribution in [1.82, 2.24) is 9.78 Å². The van der Waals surface area contributed by atoms with E-state index in [1.165, 1.54) is 5.56 Å². The Labute approximate surface area is 106 Å². The van der Waals surface area contributed by atoms with Crippen LogP contribution in [0.25, 0.3) is 5.69 Å². The van der Waals surface area contributed by atoms with Gasteiger partial charge in [-0.05, 0) is 36.6 Å². The van der Waals surface area contributed by atoms with Crippen molar-refractivity contribution in [2.45, 2.75) is 25.8 Å². The maximum atomic E-state index is 6.03. The molecule has 0 amide bonds. The normalized spacial score (nSPS) is 12.6. The van der Waals surface area contributed by atoms with Crippen molar-refractivity contribution < 1.29 is 0 Å². The van der Waals surface area contributed by atoms with Crippen LogP contribution in [0.5, 0.6) is 0 Å². The molecule has 2 aromatic rings. The fourth-order valence-corrected chi connectivity index (χ4v) is 1.93. The standard InChI is InChI=1S/C13H16ClN3/c1-2-12(15)8-10-4-5-11(14)9-13(10)17-7-3-6-16-17/h3-7,9,12H,2,8,15H2,1H3. The maximum absolute atomic E-state index is 6.03. The predicted molar refractivity (Wildman–Crippen MR) is 70.5 cm³/mol. The zero-order chi connectivity index (χ0) is 12.3. The molecular weight excluding hydrogens is 234 g/mol. The molecule has 0 saturated heterocycles. The number of hydrogen-bond acceptors (Lipinski definition) is 2. The lowest BCUT2D eigenvalue weighted by molar-refractivity contribution is 0.642. The van der Waals surface area contributed by atoms with Crippen molar-refractivity contribution in [2.75, 3.05) is 0 Å². The number of halogens is 1. The smallest absolute Gasteiger partial charge is 0.0692 e. The van der Waals surface area contributed by atoms with Crippen molar-refractivity contribution in [3.05, 3.63) is 47.2 Å². The van der Waals surface area contributed by atoms with Gasteiger partial charge in [0.05, 0.1) is 5.69 Å². The first-order chi connectivity index (χ1) is 8.20. The summed E-state index contributed by atoms with van der Waals surface area (Å²) in [5.41, 5.74) is 8.18. The van der Waals surface area contributed by atoms with E-state index >= 15 is 0 Å². The highest BCUT2D eigenvalue weighted by Crippen LogP contribution is 2.21. The second-order valence-electron chi connectivity index (χ2n) is 4.10. The van der Waals surface area contributed by atoms with Gasteiger partial charge in [-0.1, -0.05) is 24.6 Å². The van der Waals surface area contributed by atoms with Crippen LogP contribution in [0, 0.1) is 0 Å². The molecule has 90 valence electrons. The fourth-order valence-electron chi connectivity index (χ4n) is 1.76. The van der Waals surface area contributed by atoms with Gasteiger partial charge < -0.3 is 5.73 Å². The third-order valence-electron chi connectivity index (χ3n) is 2.81. The molecule has 2 rings (SSSR count). The molecule has 1 atom stereocenters. The van der Waals surface area contributed by atoms with Gasteiger partial charge in [0.2, 0.25) is 0 Å². The van der Waals surface area contributed by atoms with Crippen LogP contribution in [0.15, 0.2) is 36.7 Å². The molecule has 0 saturated carbocycles. The molecule has 1 aromatic heterocycles. The quantitative estimate of drug-likeness (QED) is 0.906. The Morgan fingerprint density at radius 2 is 2.29 bits per heavy atom. The number of aromatic nitrogens is 2. The van der Waals surface area contributed by atoms with E-state index in [0.717, 1.165) is 18.5 Å². The first-order valence-corrected chi connectivity index (χ1v) is 6.12. The highest BCUT2D eigenvalue weighted by molar-refractivity contribution is 6.30. The third kappa shape index (κ3) is 2.87. The number of rotatable bonds is 4. The minimum absolute atomic E-state index is 0.172. The van der Waals surface area contributed by atoms with E-state index in [9.17, 15) is 0 Å². The lowest BCUT2D eigenvalue weighted by Gasteiger charge is -2.13. The van der Waals surface area contributed by atoms with Gasteiger partial charge in [0.25, 0.3) is 0 Å². The van der Waals surface area contributed by atoms with Crippen LogP contribution < -0.4 is 5.73 Å². The average Bonchev–Trinajstić information content (AvgIpc) is 2.84. The number of nitrogens with two attached hydrogens (primary N) is 1. The highest BCUT2D eigenvalue weighted by atomic mass is 35.5. The van der Waals surface area contributed by atoms with E-state index in [4.69, 9.17) is 17.3 Å². The molecule has 1 unspecified atom stereocenters. The van der Waals surface area contributed by atoms with Gasteiger partial charge in [-0.3, -0.25) is 0 Å². The van der Waals surface area contributed by atoms with Crippen LogP contribution in [0.4, 0.5) is 0 Å². The Morgan fingerprint density at radius 1 is 1.47 bits per heavy atom. The summed E-state index contributed by atoms with van der Waals surface area (Å²) in [6.07, 6.45) is 5.46. The summed E-state index contributed by atoms with van der Waals surface area (Å²) >= 11 is 6.03. The lowest BCUT2D eigenvalue weighted by atomic mass is 10.0. The monoisotopic (exact) mass is 249 g/mol. The van der Waals surface area contributed by atoms with Crippen LogP contribution in [-0.4, -0.2) is 15.8 Å². The SMILES string of the molecule is CCC(N)Cc1ccc(Cl)cc1-n1cccn1. The van der Waals surface area contributed by atoms with Gasteiger partial charge in [-0.25, -0.2) is 4.68 Å². The predicted octanol–water partition coefficient (Wildman–Crippen LogP) is 2.81. The summed E-state index contributed by atoms with van der Waals surface area (Å²) in [4.78, 5) is 0. The third-order valence-corrected chi connectivity index (χ3v) is 3.04. The Hall–Kier alpha value is -1.32. The molecule has 0 bridgehead atoms. The topological polar surface area (TPSA) is 43.8 Å². The van der Waals surface area contributed by atoms with E-state index in [0.29, 0.717) is 5.02 Å². The number of hydrogen-bond donors (Lipinski definition) is 1. The summed E-state index contributed by atoms with van der Waals surface area (Å²) in [6.45, 7) is 2.09. The van der Waals surface area contributed by atoms with E-state index in [1.54, 1.807) is 6.20 Å². The molecule has 0 aliphatic heterocycles. The van der Waals surface area contributed by atoms with Crippen molar-refractivity contribution in [2.24, 2.45) is 5.73 Å². The molecule has 0 spiro atoms. The van der Waals surface area contributed by atoms with Crippen LogP contribution >= 0.6 is 11.6 Å². The molecule has 0 aliphatic carbocycles. The molecule has 0 radical (unpaired) electrons. The zero-order valence-corrected chi connectivity index (χ0v) is 10.6. The molecular formula is C13H16ClN3. The molecule has 17 heavy (non-hydrogen) atoms. The van der Waals surface area contributed by atoms with Gasteiger partial charge in [0.1, 0.15) is 0 Å². The molecule has 3 nitrogen and oxygen atoms in total. The first-order valence-electron chi connectivity index (χ1n) is 5.74. The minimum Gasteiger partial charge on any atom is -0.327 e. The van der Waals surface area contributed by atoms with Gasteiger partial charge in [0, 0.05) is 23.5 Å². The van der Waals surface area contributed by atoms with E-state index in [2.05, 4.69) is 12.0 Å². The molecule has 0 aliphatic rings. The van der Waals surface area contributed by atoms with E-state index in [-0.39, 0.29) is 6.04 Å². The van der Waals surface area contributed by atoms with E-state index in [1.807, 2.05) is 35.1 Å². The van der Waals surface area contributed by atoms with Crippen molar-refractivity contribution in [3.8, 4) is 5.69 Å². The van der Waals surface area contributed by atoms with Gasteiger partial charge >= 0.3 is 0 Å². The van der Waals surface area contributed by atoms with Crippen LogP contribution in [0.1, 0.15) is 18.9 Å². The Morgan fingerprint density at radius 3 is 2.94 bits per heavy atom. The Balaban J connectivity index is 2.38. The van der Waals surface area contributed by atoms with Gasteiger partial charge in [-0.2, -0.15) is 5.10 Å². The number of nitrogens with zero attached hydrogens (tertiary/aromatic N) is 2.